The number of hydrogen-bond acceptors (Lipinski definition) is 3. The van der Waals surface area contributed by atoms with Crippen molar-refractivity contribution < 1.29 is 18.0 Å². The van der Waals surface area contributed by atoms with Crippen LogP contribution in [-0.4, -0.2) is 48.7 Å². The van der Waals surface area contributed by atoms with Crippen LogP contribution in [0.15, 0.2) is 0 Å². The monoisotopic (exact) mass is 255 g/mol. The second-order valence-electron chi connectivity index (χ2n) is 3.98. The Bertz CT molecular complexity index is 250. The highest BCUT2D eigenvalue weighted by Crippen LogP contribution is 2.27. The smallest absolute Gasteiger partial charge is 0.353 e. The van der Waals surface area contributed by atoms with Gasteiger partial charge in [0.25, 0.3) is 0 Å². The van der Waals surface area contributed by atoms with Gasteiger partial charge in [0.05, 0.1) is 0 Å². The molecule has 0 fully saturated rings. The molecule has 0 aliphatic rings. The molecule has 1 amide bonds. The summed E-state index contributed by atoms with van der Waals surface area (Å²) < 4.78 is 37.2. The number of amides is 1. The van der Waals surface area contributed by atoms with E-state index in [1.165, 1.54) is 0 Å². The van der Waals surface area contributed by atoms with Gasteiger partial charge in [-0.15, -0.1) is 0 Å². The van der Waals surface area contributed by atoms with Gasteiger partial charge in [0.2, 0.25) is 5.91 Å². The van der Waals surface area contributed by atoms with Crippen molar-refractivity contribution in [2.75, 3.05) is 26.2 Å². The molecule has 1 atom stereocenters. The first kappa shape index (κ1) is 16.2. The van der Waals surface area contributed by atoms with E-state index in [2.05, 4.69) is 5.32 Å². The summed E-state index contributed by atoms with van der Waals surface area (Å²) in [4.78, 5) is 13.3. The van der Waals surface area contributed by atoms with Crippen molar-refractivity contribution in [1.29, 1.82) is 0 Å². The third-order valence-electron chi connectivity index (χ3n) is 2.67. The molecule has 0 aromatic heterocycles. The van der Waals surface area contributed by atoms with Crippen molar-refractivity contribution in [1.82, 2.24) is 10.2 Å². The molecule has 0 aliphatic heterocycles. The Morgan fingerprint density at radius 1 is 1.29 bits per heavy atom. The van der Waals surface area contributed by atoms with Crippen molar-refractivity contribution in [3.05, 3.63) is 0 Å². The minimum Gasteiger partial charge on any atom is -0.353 e. The zero-order chi connectivity index (χ0) is 13.7. The molecule has 0 aromatic rings. The second kappa shape index (κ2) is 6.20. The molecule has 102 valence electrons. The Kier molecular flexibility index (Phi) is 5.91. The van der Waals surface area contributed by atoms with E-state index in [1.807, 2.05) is 18.7 Å². The Morgan fingerprint density at radius 2 is 1.76 bits per heavy atom. The molecule has 7 heteroatoms. The van der Waals surface area contributed by atoms with Crippen LogP contribution in [0.2, 0.25) is 0 Å². The predicted octanol–water partition coefficient (Wildman–Crippen LogP) is 0.724. The maximum absolute atomic E-state index is 12.4. The molecule has 0 heterocycles. The normalized spacial score (nSPS) is 15.8. The average Bonchev–Trinajstić information content (AvgIpc) is 2.22. The molecule has 0 aliphatic carbocycles. The molecule has 0 radical (unpaired) electrons. The van der Waals surface area contributed by atoms with Crippen LogP contribution < -0.4 is 11.1 Å². The summed E-state index contributed by atoms with van der Waals surface area (Å²) in [7, 11) is 0. The van der Waals surface area contributed by atoms with E-state index in [9.17, 15) is 18.0 Å². The van der Waals surface area contributed by atoms with E-state index < -0.39 is 17.6 Å². The van der Waals surface area contributed by atoms with Crippen LogP contribution in [-0.2, 0) is 4.79 Å². The van der Waals surface area contributed by atoms with Gasteiger partial charge in [0, 0.05) is 13.1 Å². The number of halogens is 3. The molecular formula is C10H20F3N3O. The van der Waals surface area contributed by atoms with E-state index in [1.54, 1.807) is 0 Å². The molecule has 3 N–H and O–H groups in total. The number of carbonyl (C=O) groups is 1. The lowest BCUT2D eigenvalue weighted by Gasteiger charge is -2.27. The van der Waals surface area contributed by atoms with Crippen molar-refractivity contribution in [3.8, 4) is 0 Å². The number of nitrogens with zero attached hydrogens (tertiary/aromatic N) is 1. The van der Waals surface area contributed by atoms with Crippen molar-refractivity contribution in [2.24, 2.45) is 5.73 Å². The topological polar surface area (TPSA) is 58.4 Å². The van der Waals surface area contributed by atoms with E-state index in [0.29, 0.717) is 13.5 Å². The summed E-state index contributed by atoms with van der Waals surface area (Å²) in [5.74, 6) is -1.20. The summed E-state index contributed by atoms with van der Waals surface area (Å²) in [6, 6.07) is 0. The molecular weight excluding hydrogens is 235 g/mol. The highest BCUT2D eigenvalue weighted by molar-refractivity contribution is 5.86. The van der Waals surface area contributed by atoms with E-state index in [-0.39, 0.29) is 6.54 Å². The SMILES string of the molecule is CCN(CC)CCNC(=O)C(C)(N)C(F)(F)F. The van der Waals surface area contributed by atoms with Crippen molar-refractivity contribution >= 4 is 5.91 Å². The Balaban J connectivity index is 4.20. The van der Waals surface area contributed by atoms with Gasteiger partial charge < -0.3 is 16.0 Å². The van der Waals surface area contributed by atoms with E-state index in [4.69, 9.17) is 5.73 Å². The van der Waals surface area contributed by atoms with Gasteiger partial charge in [0.15, 0.2) is 5.54 Å². The van der Waals surface area contributed by atoms with Gasteiger partial charge in [-0.2, -0.15) is 13.2 Å². The summed E-state index contributed by atoms with van der Waals surface area (Å²) in [5.41, 5.74) is 2.13. The lowest BCUT2D eigenvalue weighted by atomic mass is 10.0. The van der Waals surface area contributed by atoms with Gasteiger partial charge in [-0.25, -0.2) is 0 Å². The first-order valence-corrected chi connectivity index (χ1v) is 5.53. The van der Waals surface area contributed by atoms with Crippen LogP contribution in [0, 0.1) is 0 Å². The fourth-order valence-corrected chi connectivity index (χ4v) is 1.18. The highest BCUT2D eigenvalue weighted by atomic mass is 19.4. The summed E-state index contributed by atoms with van der Waals surface area (Å²) in [5, 5.41) is 2.20. The molecule has 1 unspecified atom stereocenters. The molecule has 0 saturated heterocycles. The van der Waals surface area contributed by atoms with Gasteiger partial charge in [-0.1, -0.05) is 13.8 Å². The number of hydrogen-bond donors (Lipinski definition) is 2. The summed E-state index contributed by atoms with van der Waals surface area (Å²) in [6.45, 7) is 6.77. The Hall–Kier alpha value is -0.820. The average molecular weight is 255 g/mol. The first-order chi connectivity index (χ1) is 7.66. The highest BCUT2D eigenvalue weighted by Gasteiger charge is 2.53. The second-order valence-corrected chi connectivity index (χ2v) is 3.98. The minimum absolute atomic E-state index is 0.156. The lowest BCUT2D eigenvalue weighted by molar-refractivity contribution is -0.187. The molecule has 0 saturated carbocycles. The molecule has 4 nitrogen and oxygen atoms in total. The van der Waals surface area contributed by atoms with Crippen LogP contribution in [0.25, 0.3) is 0 Å². The molecule has 0 spiro atoms. The first-order valence-electron chi connectivity index (χ1n) is 5.53. The minimum atomic E-state index is -4.74. The zero-order valence-electron chi connectivity index (χ0n) is 10.4. The third kappa shape index (κ3) is 4.51. The largest absolute Gasteiger partial charge is 0.415 e. The number of nitrogens with two attached hydrogens (primary N) is 1. The van der Waals surface area contributed by atoms with Crippen LogP contribution in [0.5, 0.6) is 0 Å². The van der Waals surface area contributed by atoms with Gasteiger partial charge in [-0.3, -0.25) is 4.79 Å². The van der Waals surface area contributed by atoms with E-state index >= 15 is 0 Å². The number of rotatable bonds is 6. The number of alkyl halides is 3. The molecule has 0 rings (SSSR count). The number of likely N-dealkylation sites (N-methyl/N-ethyl adjacent to an activating group) is 1. The van der Waals surface area contributed by atoms with Crippen LogP contribution >= 0.6 is 0 Å². The molecule has 0 bridgehead atoms. The molecule has 0 aromatic carbocycles. The summed E-state index contributed by atoms with van der Waals surface area (Å²) in [6.07, 6.45) is -4.74. The maximum atomic E-state index is 12.4. The fourth-order valence-electron chi connectivity index (χ4n) is 1.18. The summed E-state index contributed by atoms with van der Waals surface area (Å²) >= 11 is 0. The fraction of sp³-hybridized carbons (Fsp3) is 0.900. The zero-order valence-corrected chi connectivity index (χ0v) is 10.4. The standard InChI is InChI=1S/C10H20F3N3O/c1-4-16(5-2)7-6-15-8(17)9(3,14)10(11,12)13/h4-7,14H2,1-3H3,(H,15,17). The Morgan fingerprint density at radius 3 is 2.12 bits per heavy atom. The third-order valence-corrected chi connectivity index (χ3v) is 2.67. The van der Waals surface area contributed by atoms with Gasteiger partial charge >= 0.3 is 6.18 Å². The molecule has 17 heavy (non-hydrogen) atoms. The van der Waals surface area contributed by atoms with Gasteiger partial charge in [0.1, 0.15) is 0 Å². The van der Waals surface area contributed by atoms with Crippen molar-refractivity contribution in [3.63, 3.8) is 0 Å². The lowest BCUT2D eigenvalue weighted by Crippen LogP contribution is -2.61. The number of nitrogens with one attached hydrogen (secondary N) is 1. The van der Waals surface area contributed by atoms with Crippen molar-refractivity contribution in [2.45, 2.75) is 32.5 Å². The van der Waals surface area contributed by atoms with Crippen LogP contribution in [0.1, 0.15) is 20.8 Å². The predicted molar refractivity (Wildman–Crippen MR) is 59.4 cm³/mol. The van der Waals surface area contributed by atoms with Crippen LogP contribution in [0.4, 0.5) is 13.2 Å². The number of carbonyl (C=O) groups excluding carboxylic acids is 1. The van der Waals surface area contributed by atoms with E-state index in [0.717, 1.165) is 13.1 Å². The quantitative estimate of drug-likeness (QED) is 0.735. The van der Waals surface area contributed by atoms with Crippen LogP contribution in [0.3, 0.4) is 0 Å². The Labute approximate surface area is 99.3 Å². The maximum Gasteiger partial charge on any atom is 0.415 e. The van der Waals surface area contributed by atoms with Gasteiger partial charge in [-0.05, 0) is 20.0 Å².